The summed E-state index contributed by atoms with van der Waals surface area (Å²) in [5, 5.41) is 8.95. The molecule has 0 unspecified atom stereocenters. The molecule has 0 aliphatic heterocycles. The lowest BCUT2D eigenvalue weighted by molar-refractivity contribution is -0.137. The molecule has 0 bridgehead atoms. The Morgan fingerprint density at radius 3 is 2.18 bits per heavy atom. The summed E-state index contributed by atoms with van der Waals surface area (Å²) in [5.41, 5.74) is 0.502. The summed E-state index contributed by atoms with van der Waals surface area (Å²) in [5.74, 6) is -1.71. The van der Waals surface area contributed by atoms with Gasteiger partial charge in [-0.25, -0.2) is 12.8 Å². The summed E-state index contributed by atoms with van der Waals surface area (Å²) >= 11 is 0. The zero-order valence-electron chi connectivity index (χ0n) is 11.5. The van der Waals surface area contributed by atoms with Gasteiger partial charge in [-0.2, -0.15) is 4.31 Å². The van der Waals surface area contributed by atoms with Crippen molar-refractivity contribution < 1.29 is 22.7 Å². The molecule has 0 aliphatic rings. The molecule has 0 fully saturated rings. The second-order valence-electron chi connectivity index (χ2n) is 4.61. The van der Waals surface area contributed by atoms with Gasteiger partial charge in [0.15, 0.2) is 0 Å². The van der Waals surface area contributed by atoms with Gasteiger partial charge < -0.3 is 5.11 Å². The predicted octanol–water partition coefficient (Wildman–Crippen LogP) is 2.10. The number of aliphatic carboxylic acids is 1. The maximum Gasteiger partial charge on any atom is 0.318 e. The lowest BCUT2D eigenvalue weighted by atomic mass is 10.2. The Balaban J connectivity index is 2.33. The fraction of sp³-hybridized carbons (Fsp3) is 0.133. The topological polar surface area (TPSA) is 74.7 Å². The number of sulfonamides is 1. The highest BCUT2D eigenvalue weighted by Crippen LogP contribution is 2.18. The molecule has 0 spiro atoms. The van der Waals surface area contributed by atoms with Gasteiger partial charge in [0.1, 0.15) is 12.4 Å². The van der Waals surface area contributed by atoms with Gasteiger partial charge in [-0.1, -0.05) is 30.3 Å². The molecule has 0 aliphatic carbocycles. The summed E-state index contributed by atoms with van der Waals surface area (Å²) in [4.78, 5) is 11.0. The van der Waals surface area contributed by atoms with E-state index in [4.69, 9.17) is 5.11 Å². The van der Waals surface area contributed by atoms with Crippen LogP contribution in [0.25, 0.3) is 0 Å². The highest BCUT2D eigenvalue weighted by Gasteiger charge is 2.26. The van der Waals surface area contributed by atoms with Crippen LogP contribution in [0.15, 0.2) is 59.5 Å². The first-order valence-electron chi connectivity index (χ1n) is 6.41. The van der Waals surface area contributed by atoms with Crippen molar-refractivity contribution in [3.63, 3.8) is 0 Å². The maximum absolute atomic E-state index is 12.9. The van der Waals surface area contributed by atoms with Crippen molar-refractivity contribution >= 4 is 16.0 Å². The van der Waals surface area contributed by atoms with Crippen molar-refractivity contribution in [3.05, 3.63) is 66.0 Å². The SMILES string of the molecule is O=C(O)CN(Cc1ccc(F)cc1)S(=O)(=O)c1ccccc1. The summed E-state index contributed by atoms with van der Waals surface area (Å²) in [6.45, 7) is -0.821. The third kappa shape index (κ3) is 3.90. The lowest BCUT2D eigenvalue weighted by Gasteiger charge is -2.20. The molecule has 7 heteroatoms. The quantitative estimate of drug-likeness (QED) is 0.883. The zero-order chi connectivity index (χ0) is 16.2. The minimum absolute atomic E-state index is 0.0124. The van der Waals surface area contributed by atoms with E-state index in [1.807, 2.05) is 0 Å². The Hall–Kier alpha value is -2.25. The van der Waals surface area contributed by atoms with Crippen LogP contribution in [0.3, 0.4) is 0 Å². The van der Waals surface area contributed by atoms with Crippen molar-refractivity contribution in [2.75, 3.05) is 6.54 Å². The number of rotatable bonds is 6. The van der Waals surface area contributed by atoms with Crippen LogP contribution >= 0.6 is 0 Å². The Bertz CT molecular complexity index is 745. The lowest BCUT2D eigenvalue weighted by Crippen LogP contribution is -2.35. The number of nitrogens with zero attached hydrogens (tertiary/aromatic N) is 1. The van der Waals surface area contributed by atoms with Crippen LogP contribution in [0.1, 0.15) is 5.56 Å². The van der Waals surface area contributed by atoms with E-state index in [0.717, 1.165) is 4.31 Å². The first-order chi connectivity index (χ1) is 10.4. The molecular formula is C15H14FNO4S. The average molecular weight is 323 g/mol. The molecule has 0 saturated carbocycles. The largest absolute Gasteiger partial charge is 0.480 e. The van der Waals surface area contributed by atoms with Gasteiger partial charge in [0.25, 0.3) is 0 Å². The second-order valence-corrected chi connectivity index (χ2v) is 6.54. The smallest absolute Gasteiger partial charge is 0.318 e. The molecule has 1 N–H and O–H groups in total. The van der Waals surface area contributed by atoms with Crippen LogP contribution < -0.4 is 0 Å². The molecule has 2 aromatic rings. The molecule has 0 amide bonds. The summed E-state index contributed by atoms with van der Waals surface area (Å²) in [6.07, 6.45) is 0. The molecule has 0 saturated heterocycles. The van der Waals surface area contributed by atoms with Crippen molar-refractivity contribution in [3.8, 4) is 0 Å². The van der Waals surface area contributed by atoms with Crippen LogP contribution in [0.4, 0.5) is 4.39 Å². The molecule has 0 heterocycles. The van der Waals surface area contributed by atoms with E-state index >= 15 is 0 Å². The average Bonchev–Trinajstić information content (AvgIpc) is 2.49. The maximum atomic E-state index is 12.9. The van der Waals surface area contributed by atoms with Gasteiger partial charge in [0.05, 0.1) is 4.90 Å². The molecule has 0 atom stereocenters. The normalized spacial score (nSPS) is 11.5. The minimum atomic E-state index is -3.95. The molecule has 22 heavy (non-hydrogen) atoms. The van der Waals surface area contributed by atoms with E-state index in [2.05, 4.69) is 0 Å². The van der Waals surface area contributed by atoms with Crippen molar-refractivity contribution in [1.29, 1.82) is 0 Å². The summed E-state index contributed by atoms with van der Waals surface area (Å²) < 4.78 is 38.8. The van der Waals surface area contributed by atoms with Crippen LogP contribution in [-0.4, -0.2) is 30.3 Å². The Morgan fingerprint density at radius 2 is 1.64 bits per heavy atom. The summed E-state index contributed by atoms with van der Waals surface area (Å²) in [7, 11) is -3.95. The van der Waals surface area contributed by atoms with Gasteiger partial charge >= 0.3 is 5.97 Å². The molecular weight excluding hydrogens is 309 g/mol. The van der Waals surface area contributed by atoms with E-state index in [9.17, 15) is 17.6 Å². The number of hydrogen-bond acceptors (Lipinski definition) is 3. The van der Waals surface area contributed by atoms with Crippen LogP contribution in [-0.2, 0) is 21.4 Å². The van der Waals surface area contributed by atoms with Gasteiger partial charge in [-0.15, -0.1) is 0 Å². The van der Waals surface area contributed by atoms with Crippen LogP contribution in [0.5, 0.6) is 0 Å². The number of carboxylic acids is 1. The zero-order valence-corrected chi connectivity index (χ0v) is 12.3. The number of carbonyl (C=O) groups is 1. The van der Waals surface area contributed by atoms with E-state index in [-0.39, 0.29) is 11.4 Å². The van der Waals surface area contributed by atoms with Crippen molar-refractivity contribution in [1.82, 2.24) is 4.31 Å². The monoisotopic (exact) mass is 323 g/mol. The number of hydrogen-bond donors (Lipinski definition) is 1. The molecule has 2 rings (SSSR count). The fourth-order valence-electron chi connectivity index (χ4n) is 1.91. The Labute approximate surface area is 127 Å². The highest BCUT2D eigenvalue weighted by atomic mass is 32.2. The van der Waals surface area contributed by atoms with Crippen LogP contribution in [0.2, 0.25) is 0 Å². The van der Waals surface area contributed by atoms with Crippen molar-refractivity contribution in [2.24, 2.45) is 0 Å². The Morgan fingerprint density at radius 1 is 1.05 bits per heavy atom. The number of carboxylic acid groups (broad SMARTS) is 1. The van der Waals surface area contributed by atoms with Crippen molar-refractivity contribution in [2.45, 2.75) is 11.4 Å². The minimum Gasteiger partial charge on any atom is -0.480 e. The first kappa shape index (κ1) is 16.1. The van der Waals surface area contributed by atoms with Gasteiger partial charge in [-0.3, -0.25) is 4.79 Å². The standard InChI is InChI=1S/C15H14FNO4S/c16-13-8-6-12(7-9-13)10-17(11-15(18)19)22(20,21)14-4-2-1-3-5-14/h1-9H,10-11H2,(H,18,19). The van der Waals surface area contributed by atoms with Crippen LogP contribution in [0, 0.1) is 5.82 Å². The molecule has 0 radical (unpaired) electrons. The molecule has 5 nitrogen and oxygen atoms in total. The van der Waals surface area contributed by atoms with Gasteiger partial charge in [-0.05, 0) is 29.8 Å². The van der Waals surface area contributed by atoms with E-state index in [0.29, 0.717) is 5.56 Å². The van der Waals surface area contributed by atoms with E-state index < -0.39 is 28.4 Å². The first-order valence-corrected chi connectivity index (χ1v) is 7.85. The third-order valence-electron chi connectivity index (χ3n) is 2.96. The summed E-state index contributed by atoms with van der Waals surface area (Å²) in [6, 6.07) is 12.8. The molecule has 2 aromatic carbocycles. The van der Waals surface area contributed by atoms with E-state index in [1.54, 1.807) is 18.2 Å². The highest BCUT2D eigenvalue weighted by molar-refractivity contribution is 7.89. The third-order valence-corrected chi connectivity index (χ3v) is 4.77. The number of benzene rings is 2. The molecule has 116 valence electrons. The fourth-order valence-corrected chi connectivity index (χ4v) is 3.31. The Kier molecular flexibility index (Phi) is 4.89. The number of halogens is 1. The second kappa shape index (κ2) is 6.67. The molecule has 0 aromatic heterocycles. The predicted molar refractivity (Wildman–Crippen MR) is 78.1 cm³/mol. The van der Waals surface area contributed by atoms with E-state index in [1.165, 1.54) is 36.4 Å². The van der Waals surface area contributed by atoms with Gasteiger partial charge in [0, 0.05) is 6.54 Å². The van der Waals surface area contributed by atoms with Gasteiger partial charge in [0.2, 0.25) is 10.0 Å².